The summed E-state index contributed by atoms with van der Waals surface area (Å²) in [4.78, 5) is 12.1. The number of nitrogen functional groups attached to an aromatic ring is 1. The third-order valence-electron chi connectivity index (χ3n) is 3.23. The van der Waals surface area contributed by atoms with Gasteiger partial charge in [-0.25, -0.2) is 0 Å². The van der Waals surface area contributed by atoms with Crippen LogP contribution in [0.4, 0.5) is 11.4 Å². The minimum Gasteiger partial charge on any atom is -0.398 e. The van der Waals surface area contributed by atoms with E-state index < -0.39 is 0 Å². The van der Waals surface area contributed by atoms with E-state index in [1.807, 2.05) is 26.0 Å². The summed E-state index contributed by atoms with van der Waals surface area (Å²) in [7, 11) is 0. The van der Waals surface area contributed by atoms with Gasteiger partial charge in [0.2, 0.25) is 5.91 Å². The molecule has 0 saturated carbocycles. The molecule has 0 aliphatic heterocycles. The third-order valence-corrected chi connectivity index (χ3v) is 4.17. The first-order valence-corrected chi connectivity index (χ1v) is 8.11. The molecule has 0 saturated heterocycles. The van der Waals surface area contributed by atoms with Crippen molar-refractivity contribution in [1.29, 1.82) is 0 Å². The molecule has 2 heterocycles. The van der Waals surface area contributed by atoms with Crippen LogP contribution in [0.2, 0.25) is 0 Å². The molecule has 0 unspecified atom stereocenters. The predicted molar refractivity (Wildman–Crippen MR) is 92.7 cm³/mol. The van der Waals surface area contributed by atoms with E-state index in [2.05, 4.69) is 21.6 Å². The number of thioether (sulfide) groups is 1. The number of rotatable bonds is 4. The monoisotopic (exact) mass is 327 g/mol. The van der Waals surface area contributed by atoms with Gasteiger partial charge < -0.3 is 11.1 Å². The molecule has 1 amide bonds. The van der Waals surface area contributed by atoms with Crippen molar-refractivity contribution in [2.75, 3.05) is 16.8 Å². The number of aromatic nitrogens is 3. The van der Waals surface area contributed by atoms with Gasteiger partial charge in [0.25, 0.3) is 0 Å². The van der Waals surface area contributed by atoms with E-state index >= 15 is 0 Å². The van der Waals surface area contributed by atoms with Crippen molar-refractivity contribution in [1.82, 2.24) is 14.6 Å². The van der Waals surface area contributed by atoms with Gasteiger partial charge in [-0.3, -0.25) is 9.20 Å². The van der Waals surface area contributed by atoms with Gasteiger partial charge >= 0.3 is 0 Å². The van der Waals surface area contributed by atoms with E-state index in [-0.39, 0.29) is 11.7 Å². The van der Waals surface area contributed by atoms with Gasteiger partial charge in [0.05, 0.1) is 5.75 Å². The lowest BCUT2D eigenvalue weighted by Gasteiger charge is -2.07. The van der Waals surface area contributed by atoms with Crippen LogP contribution in [0.15, 0.2) is 41.7 Å². The highest BCUT2D eigenvalue weighted by Crippen LogP contribution is 2.19. The lowest BCUT2D eigenvalue weighted by molar-refractivity contribution is -0.113. The Hall–Kier alpha value is -2.54. The van der Waals surface area contributed by atoms with Crippen LogP contribution in [-0.4, -0.2) is 26.3 Å². The first-order chi connectivity index (χ1) is 11.0. The quantitative estimate of drug-likeness (QED) is 0.720. The van der Waals surface area contributed by atoms with E-state index in [4.69, 9.17) is 5.73 Å². The van der Waals surface area contributed by atoms with Crippen molar-refractivity contribution in [3.8, 4) is 0 Å². The minimum absolute atomic E-state index is 0.0827. The van der Waals surface area contributed by atoms with E-state index in [1.54, 1.807) is 22.7 Å². The second-order valence-electron chi connectivity index (χ2n) is 5.39. The number of carbonyl (C=O) groups excluding carboxylic acids is 1. The number of amides is 1. The summed E-state index contributed by atoms with van der Waals surface area (Å²) in [5.74, 6) is 0.170. The number of fused-ring (bicyclic) bond motifs is 1. The summed E-state index contributed by atoms with van der Waals surface area (Å²) >= 11 is 1.32. The summed E-state index contributed by atoms with van der Waals surface area (Å²) in [6.07, 6.45) is 1.75. The Morgan fingerprint density at radius 3 is 2.70 bits per heavy atom. The number of hydrogen-bond donors (Lipinski definition) is 2. The minimum atomic E-state index is -0.0827. The Morgan fingerprint density at radius 1 is 1.22 bits per heavy atom. The summed E-state index contributed by atoms with van der Waals surface area (Å²) in [6.45, 7) is 4.01. The number of nitrogens with zero attached hydrogens (tertiary/aromatic N) is 3. The zero-order valence-corrected chi connectivity index (χ0v) is 13.7. The summed E-state index contributed by atoms with van der Waals surface area (Å²) in [6, 6.07) is 9.52. The van der Waals surface area contributed by atoms with Gasteiger partial charge in [-0.1, -0.05) is 17.8 Å². The van der Waals surface area contributed by atoms with Crippen LogP contribution in [-0.2, 0) is 4.79 Å². The first-order valence-electron chi connectivity index (χ1n) is 7.12. The van der Waals surface area contributed by atoms with Crippen LogP contribution >= 0.6 is 11.8 Å². The van der Waals surface area contributed by atoms with Crippen LogP contribution < -0.4 is 11.1 Å². The lowest BCUT2D eigenvalue weighted by Crippen LogP contribution is -2.14. The van der Waals surface area contributed by atoms with Crippen LogP contribution in [0.25, 0.3) is 5.65 Å². The number of benzene rings is 1. The molecule has 0 fully saturated rings. The molecule has 0 aliphatic carbocycles. The highest BCUT2D eigenvalue weighted by atomic mass is 32.2. The predicted octanol–water partition coefficient (Wildman–Crippen LogP) is 2.66. The fraction of sp³-hybridized carbons (Fsp3) is 0.188. The van der Waals surface area contributed by atoms with Crippen molar-refractivity contribution in [3.63, 3.8) is 0 Å². The number of nitrogens with two attached hydrogens (primary N) is 1. The van der Waals surface area contributed by atoms with Crippen molar-refractivity contribution in [2.24, 2.45) is 0 Å². The van der Waals surface area contributed by atoms with Crippen molar-refractivity contribution in [2.45, 2.75) is 19.0 Å². The molecule has 3 aromatic rings. The molecule has 118 valence electrons. The maximum atomic E-state index is 12.1. The maximum absolute atomic E-state index is 12.1. The third kappa shape index (κ3) is 3.62. The maximum Gasteiger partial charge on any atom is 0.234 e. The van der Waals surface area contributed by atoms with E-state index in [9.17, 15) is 4.79 Å². The van der Waals surface area contributed by atoms with Gasteiger partial charge in [-0.2, -0.15) is 0 Å². The molecule has 3 rings (SSSR count). The number of nitrogens with one attached hydrogen (secondary N) is 1. The standard InChI is InChI=1S/C16H17N5OS/c1-10-5-11(2)7-13(6-10)18-15(22)9-23-16-20-19-14-4-3-12(17)8-21(14)16/h3-8H,9,17H2,1-2H3,(H,18,22). The van der Waals surface area contributed by atoms with Gasteiger partial charge in [0.1, 0.15) is 0 Å². The number of pyridine rings is 1. The Balaban J connectivity index is 1.67. The van der Waals surface area contributed by atoms with Gasteiger partial charge in [0, 0.05) is 17.6 Å². The average Bonchev–Trinajstić information content (AvgIpc) is 2.86. The van der Waals surface area contributed by atoms with Crippen molar-refractivity contribution < 1.29 is 4.79 Å². The molecule has 23 heavy (non-hydrogen) atoms. The molecular formula is C16H17N5OS. The largest absolute Gasteiger partial charge is 0.398 e. The average molecular weight is 327 g/mol. The Labute approximate surface area is 138 Å². The molecule has 0 bridgehead atoms. The molecule has 0 aliphatic rings. The summed E-state index contributed by atoms with van der Waals surface area (Å²) in [5.41, 5.74) is 10.1. The Morgan fingerprint density at radius 2 is 1.96 bits per heavy atom. The summed E-state index contributed by atoms with van der Waals surface area (Å²) < 4.78 is 1.78. The number of aryl methyl sites for hydroxylation is 2. The molecular weight excluding hydrogens is 310 g/mol. The van der Waals surface area contributed by atoms with Crippen molar-refractivity contribution in [3.05, 3.63) is 47.7 Å². The molecule has 3 N–H and O–H groups in total. The number of anilines is 2. The molecule has 2 aromatic heterocycles. The second kappa shape index (κ2) is 6.29. The van der Waals surface area contributed by atoms with E-state index in [0.717, 1.165) is 16.8 Å². The topological polar surface area (TPSA) is 85.3 Å². The molecule has 7 heteroatoms. The van der Waals surface area contributed by atoms with Crippen LogP contribution in [0.1, 0.15) is 11.1 Å². The Bertz CT molecular complexity index is 854. The SMILES string of the molecule is Cc1cc(C)cc(NC(=O)CSc2nnc3ccc(N)cn23)c1. The fourth-order valence-electron chi connectivity index (χ4n) is 2.36. The highest BCUT2D eigenvalue weighted by Gasteiger charge is 2.10. The molecule has 6 nitrogen and oxygen atoms in total. The molecule has 1 aromatic carbocycles. The van der Waals surface area contributed by atoms with Gasteiger partial charge in [-0.05, 0) is 49.2 Å². The first kappa shape index (κ1) is 15.4. The normalized spacial score (nSPS) is 10.9. The Kier molecular flexibility index (Phi) is 4.20. The smallest absolute Gasteiger partial charge is 0.234 e. The van der Waals surface area contributed by atoms with Crippen LogP contribution in [0.5, 0.6) is 0 Å². The van der Waals surface area contributed by atoms with Gasteiger partial charge in [-0.15, -0.1) is 10.2 Å². The zero-order chi connectivity index (χ0) is 16.4. The van der Waals surface area contributed by atoms with Gasteiger partial charge in [0.15, 0.2) is 10.8 Å². The zero-order valence-electron chi connectivity index (χ0n) is 12.9. The molecule has 0 atom stereocenters. The number of carbonyl (C=O) groups is 1. The second-order valence-corrected chi connectivity index (χ2v) is 6.33. The lowest BCUT2D eigenvalue weighted by atomic mass is 10.1. The van der Waals surface area contributed by atoms with Crippen LogP contribution in [0, 0.1) is 13.8 Å². The molecule has 0 radical (unpaired) electrons. The van der Waals surface area contributed by atoms with Crippen LogP contribution in [0.3, 0.4) is 0 Å². The van der Waals surface area contributed by atoms with Crippen molar-refractivity contribution >= 4 is 34.7 Å². The van der Waals surface area contributed by atoms with E-state index in [1.165, 1.54) is 11.8 Å². The summed E-state index contributed by atoms with van der Waals surface area (Å²) in [5, 5.41) is 11.7. The number of hydrogen-bond acceptors (Lipinski definition) is 5. The van der Waals surface area contributed by atoms with E-state index in [0.29, 0.717) is 16.5 Å². The highest BCUT2D eigenvalue weighted by molar-refractivity contribution is 7.99. The molecule has 0 spiro atoms. The fourth-order valence-corrected chi connectivity index (χ4v) is 3.07.